The highest BCUT2D eigenvalue weighted by atomic mass is 32.2. The molecule has 102 valence electrons. The Hall–Kier alpha value is -2.15. The van der Waals surface area contributed by atoms with Crippen LogP contribution in [0.4, 0.5) is 0 Å². The third-order valence-corrected chi connectivity index (χ3v) is 4.16. The summed E-state index contributed by atoms with van der Waals surface area (Å²) in [6.07, 6.45) is 3.14. The largest absolute Gasteiger partial charge is 0.480 e. The molecular formula is C13H11N3O3S. The fraction of sp³-hybridized carbons (Fsp3) is 0.231. The normalized spacial score (nSPS) is 18.4. The number of fused-ring (bicyclic) bond motifs is 1. The van der Waals surface area contributed by atoms with Crippen LogP contribution in [0.1, 0.15) is 10.4 Å². The van der Waals surface area contributed by atoms with E-state index in [1.807, 2.05) is 0 Å². The molecule has 20 heavy (non-hydrogen) atoms. The Balaban J connectivity index is 1.94. The number of hydrogen-bond acceptors (Lipinski definition) is 5. The molecule has 1 aromatic carbocycles. The number of aliphatic carboxylic acids is 1. The molecule has 0 spiro atoms. The van der Waals surface area contributed by atoms with Gasteiger partial charge in [0, 0.05) is 23.7 Å². The Bertz CT molecular complexity index is 691. The van der Waals surface area contributed by atoms with Gasteiger partial charge in [-0.1, -0.05) is 0 Å². The van der Waals surface area contributed by atoms with Crippen molar-refractivity contribution in [1.82, 2.24) is 14.9 Å². The summed E-state index contributed by atoms with van der Waals surface area (Å²) < 4.78 is 0. The number of carboxylic acid groups (broad SMARTS) is 1. The molecule has 2 heterocycles. The van der Waals surface area contributed by atoms with E-state index in [9.17, 15) is 9.59 Å². The second-order valence-corrected chi connectivity index (χ2v) is 5.39. The predicted molar refractivity (Wildman–Crippen MR) is 74.5 cm³/mol. The lowest BCUT2D eigenvalue weighted by Gasteiger charge is -2.20. The van der Waals surface area contributed by atoms with Crippen molar-refractivity contribution in [1.29, 1.82) is 0 Å². The van der Waals surface area contributed by atoms with Gasteiger partial charge in [-0.25, -0.2) is 4.79 Å². The molecular weight excluding hydrogens is 278 g/mol. The second kappa shape index (κ2) is 5.09. The van der Waals surface area contributed by atoms with Crippen molar-refractivity contribution >= 4 is 34.7 Å². The summed E-state index contributed by atoms with van der Waals surface area (Å²) >= 11 is 1.44. The Morgan fingerprint density at radius 3 is 2.75 bits per heavy atom. The van der Waals surface area contributed by atoms with Crippen LogP contribution < -0.4 is 0 Å². The highest BCUT2D eigenvalue weighted by molar-refractivity contribution is 7.99. The lowest BCUT2D eigenvalue weighted by molar-refractivity contribution is -0.140. The standard InChI is InChI=1S/C13H11N3O3S/c17-12(16-7-20-6-11(16)13(18)19)8-1-2-9-10(5-8)15-4-3-14-9/h1-5,11H,6-7H2,(H,18,19)/t11-/m0/s1. The zero-order valence-electron chi connectivity index (χ0n) is 10.4. The number of carbonyl (C=O) groups excluding carboxylic acids is 1. The maximum absolute atomic E-state index is 12.4. The van der Waals surface area contributed by atoms with Gasteiger partial charge in [-0.3, -0.25) is 14.8 Å². The molecule has 3 rings (SSSR count). The maximum Gasteiger partial charge on any atom is 0.327 e. The fourth-order valence-electron chi connectivity index (χ4n) is 2.11. The van der Waals surface area contributed by atoms with E-state index in [1.165, 1.54) is 16.7 Å². The van der Waals surface area contributed by atoms with Gasteiger partial charge in [0.15, 0.2) is 0 Å². The van der Waals surface area contributed by atoms with Crippen LogP contribution in [-0.4, -0.2) is 49.5 Å². The molecule has 1 atom stereocenters. The zero-order valence-corrected chi connectivity index (χ0v) is 11.2. The highest BCUT2D eigenvalue weighted by Gasteiger charge is 2.35. The number of rotatable bonds is 2. The van der Waals surface area contributed by atoms with Crippen LogP contribution in [0.3, 0.4) is 0 Å². The summed E-state index contributed by atoms with van der Waals surface area (Å²) in [6.45, 7) is 0. The summed E-state index contributed by atoms with van der Waals surface area (Å²) in [5.74, 6) is -0.429. The highest BCUT2D eigenvalue weighted by Crippen LogP contribution is 2.24. The molecule has 6 nitrogen and oxygen atoms in total. The van der Waals surface area contributed by atoms with Gasteiger partial charge < -0.3 is 10.0 Å². The first-order chi connectivity index (χ1) is 9.66. The fourth-order valence-corrected chi connectivity index (χ4v) is 3.25. The summed E-state index contributed by atoms with van der Waals surface area (Å²) in [5, 5.41) is 9.12. The molecule has 1 aliphatic rings. The number of amides is 1. The van der Waals surface area contributed by atoms with Crippen molar-refractivity contribution in [3.05, 3.63) is 36.2 Å². The smallest absolute Gasteiger partial charge is 0.327 e. The van der Waals surface area contributed by atoms with E-state index in [0.717, 1.165) is 0 Å². The molecule has 2 aromatic rings. The molecule has 7 heteroatoms. The number of carbonyl (C=O) groups is 2. The van der Waals surface area contributed by atoms with Crippen molar-refractivity contribution in [2.24, 2.45) is 0 Å². The van der Waals surface area contributed by atoms with Gasteiger partial charge in [-0.15, -0.1) is 11.8 Å². The molecule has 1 amide bonds. The van der Waals surface area contributed by atoms with Gasteiger partial charge in [0.25, 0.3) is 5.91 Å². The number of thioether (sulfide) groups is 1. The minimum Gasteiger partial charge on any atom is -0.480 e. The van der Waals surface area contributed by atoms with E-state index >= 15 is 0 Å². The van der Waals surface area contributed by atoms with E-state index in [-0.39, 0.29) is 5.91 Å². The zero-order chi connectivity index (χ0) is 14.1. The molecule has 0 radical (unpaired) electrons. The molecule has 1 saturated heterocycles. The van der Waals surface area contributed by atoms with E-state index in [0.29, 0.717) is 28.2 Å². The van der Waals surface area contributed by atoms with Crippen LogP contribution in [0.5, 0.6) is 0 Å². The van der Waals surface area contributed by atoms with Crippen LogP contribution >= 0.6 is 11.8 Å². The first kappa shape index (κ1) is 12.9. The first-order valence-corrected chi connectivity index (χ1v) is 7.14. The third kappa shape index (κ3) is 2.20. The Morgan fingerprint density at radius 1 is 1.25 bits per heavy atom. The molecule has 1 aromatic heterocycles. The van der Waals surface area contributed by atoms with Gasteiger partial charge >= 0.3 is 5.97 Å². The monoisotopic (exact) mass is 289 g/mol. The summed E-state index contributed by atoms with van der Waals surface area (Å²) in [5.41, 5.74) is 1.76. The van der Waals surface area contributed by atoms with Crippen LogP contribution in [0.2, 0.25) is 0 Å². The van der Waals surface area contributed by atoms with E-state index in [2.05, 4.69) is 9.97 Å². The molecule has 0 saturated carbocycles. The topological polar surface area (TPSA) is 83.4 Å². The van der Waals surface area contributed by atoms with Crippen LogP contribution in [0.15, 0.2) is 30.6 Å². The molecule has 1 fully saturated rings. The minimum absolute atomic E-state index is 0.282. The lowest BCUT2D eigenvalue weighted by Crippen LogP contribution is -2.41. The second-order valence-electron chi connectivity index (χ2n) is 4.39. The van der Waals surface area contributed by atoms with Gasteiger partial charge in [0.05, 0.1) is 16.9 Å². The maximum atomic E-state index is 12.4. The first-order valence-electron chi connectivity index (χ1n) is 5.99. The Labute approximate surface area is 118 Å². The Kier molecular flexibility index (Phi) is 3.27. The van der Waals surface area contributed by atoms with E-state index < -0.39 is 12.0 Å². The van der Waals surface area contributed by atoms with E-state index in [1.54, 1.807) is 30.6 Å². The number of aromatic nitrogens is 2. The van der Waals surface area contributed by atoms with E-state index in [4.69, 9.17) is 5.11 Å². The van der Waals surface area contributed by atoms with Crippen molar-refractivity contribution < 1.29 is 14.7 Å². The Morgan fingerprint density at radius 2 is 2.00 bits per heavy atom. The molecule has 1 aliphatic heterocycles. The third-order valence-electron chi connectivity index (χ3n) is 3.14. The predicted octanol–water partition coefficient (Wildman–Crippen LogP) is 1.23. The van der Waals surface area contributed by atoms with Crippen LogP contribution in [0, 0.1) is 0 Å². The van der Waals surface area contributed by atoms with Gasteiger partial charge in [0.2, 0.25) is 0 Å². The summed E-state index contributed by atoms with van der Waals surface area (Å²) in [6, 6.07) is 4.26. The lowest BCUT2D eigenvalue weighted by atomic mass is 10.1. The van der Waals surface area contributed by atoms with Gasteiger partial charge in [-0.05, 0) is 18.2 Å². The average Bonchev–Trinajstić information content (AvgIpc) is 2.95. The SMILES string of the molecule is O=C(O)[C@@H]1CSCN1C(=O)c1ccc2nccnc2c1. The van der Waals surface area contributed by atoms with Gasteiger partial charge in [0.1, 0.15) is 6.04 Å². The van der Waals surface area contributed by atoms with Crippen molar-refractivity contribution in [2.75, 3.05) is 11.6 Å². The number of carboxylic acids is 1. The van der Waals surface area contributed by atoms with Crippen molar-refractivity contribution in [2.45, 2.75) is 6.04 Å². The molecule has 0 bridgehead atoms. The van der Waals surface area contributed by atoms with Crippen LogP contribution in [-0.2, 0) is 4.79 Å². The summed E-state index contributed by atoms with van der Waals surface area (Å²) in [4.78, 5) is 33.2. The van der Waals surface area contributed by atoms with Gasteiger partial charge in [-0.2, -0.15) is 0 Å². The minimum atomic E-state index is -0.969. The van der Waals surface area contributed by atoms with Crippen molar-refractivity contribution in [3.63, 3.8) is 0 Å². The van der Waals surface area contributed by atoms with Crippen LogP contribution in [0.25, 0.3) is 11.0 Å². The average molecular weight is 289 g/mol. The summed E-state index contributed by atoms with van der Waals surface area (Å²) in [7, 11) is 0. The number of hydrogen-bond donors (Lipinski definition) is 1. The number of nitrogens with zero attached hydrogens (tertiary/aromatic N) is 3. The quantitative estimate of drug-likeness (QED) is 0.895. The molecule has 0 aliphatic carbocycles. The van der Waals surface area contributed by atoms with Crippen molar-refractivity contribution in [3.8, 4) is 0 Å². The molecule has 0 unspecified atom stereocenters. The number of benzene rings is 1. The molecule has 1 N–H and O–H groups in total.